The molecule has 2 N–H and O–H groups in total. The van der Waals surface area contributed by atoms with Crippen molar-refractivity contribution in [2.24, 2.45) is 17.1 Å². The first kappa shape index (κ1) is 18.0. The van der Waals surface area contributed by atoms with E-state index in [0.29, 0.717) is 11.5 Å². The summed E-state index contributed by atoms with van der Waals surface area (Å²) in [6.07, 6.45) is 7.67. The molecule has 0 radical (unpaired) electrons. The van der Waals surface area contributed by atoms with E-state index in [2.05, 4.69) is 46.4 Å². The topological polar surface area (TPSA) is 29.3 Å². The van der Waals surface area contributed by atoms with Gasteiger partial charge in [0.05, 0.1) is 0 Å². The molecule has 1 rings (SSSR count). The van der Waals surface area contributed by atoms with E-state index in [9.17, 15) is 0 Å². The SMILES string of the molecule is CCCCN(C(C)CC)C1(CN)CC(C)CC(C)(C)C1. The summed E-state index contributed by atoms with van der Waals surface area (Å²) in [5, 5.41) is 0. The van der Waals surface area contributed by atoms with E-state index in [4.69, 9.17) is 5.73 Å². The molecule has 0 aromatic carbocycles. The van der Waals surface area contributed by atoms with Gasteiger partial charge in [0.1, 0.15) is 0 Å². The average Bonchev–Trinajstić information content (AvgIpc) is 2.36. The number of unbranched alkanes of at least 4 members (excludes halogenated alkanes) is 1. The number of nitrogens with two attached hydrogens (primary N) is 1. The van der Waals surface area contributed by atoms with Gasteiger partial charge in [0, 0.05) is 18.1 Å². The van der Waals surface area contributed by atoms with Crippen molar-refractivity contribution in [3.63, 3.8) is 0 Å². The van der Waals surface area contributed by atoms with Crippen LogP contribution in [0.4, 0.5) is 0 Å². The van der Waals surface area contributed by atoms with Crippen molar-refractivity contribution in [3.05, 3.63) is 0 Å². The standard InChI is InChI=1S/C18H38N2/c1-7-9-10-20(16(4)8-2)18(14-19)12-15(3)11-17(5,6)13-18/h15-16H,7-14,19H2,1-6H3. The molecule has 1 aliphatic rings. The summed E-state index contributed by atoms with van der Waals surface area (Å²) < 4.78 is 0. The maximum absolute atomic E-state index is 6.35. The molecule has 2 nitrogen and oxygen atoms in total. The second kappa shape index (κ2) is 7.26. The molecule has 0 bridgehead atoms. The van der Waals surface area contributed by atoms with Gasteiger partial charge in [-0.3, -0.25) is 4.90 Å². The lowest BCUT2D eigenvalue weighted by molar-refractivity contribution is -0.0340. The Labute approximate surface area is 127 Å². The zero-order valence-corrected chi connectivity index (χ0v) is 14.8. The van der Waals surface area contributed by atoms with Gasteiger partial charge in [0.2, 0.25) is 0 Å². The van der Waals surface area contributed by atoms with Gasteiger partial charge in [-0.1, -0.05) is 41.0 Å². The van der Waals surface area contributed by atoms with Gasteiger partial charge in [-0.25, -0.2) is 0 Å². The van der Waals surface area contributed by atoms with Crippen molar-refractivity contribution >= 4 is 0 Å². The van der Waals surface area contributed by atoms with Crippen molar-refractivity contribution in [1.82, 2.24) is 4.90 Å². The third-order valence-corrected chi connectivity index (χ3v) is 5.30. The molecule has 1 saturated carbocycles. The smallest absolute Gasteiger partial charge is 0.0342 e. The zero-order chi connectivity index (χ0) is 15.4. The van der Waals surface area contributed by atoms with E-state index in [1.54, 1.807) is 0 Å². The lowest BCUT2D eigenvalue weighted by Gasteiger charge is -2.55. The van der Waals surface area contributed by atoms with Crippen LogP contribution in [0, 0.1) is 11.3 Å². The molecular weight excluding hydrogens is 244 g/mol. The first-order valence-electron chi connectivity index (χ1n) is 8.77. The van der Waals surface area contributed by atoms with Crippen LogP contribution in [0.15, 0.2) is 0 Å². The van der Waals surface area contributed by atoms with Gasteiger partial charge >= 0.3 is 0 Å². The van der Waals surface area contributed by atoms with E-state index in [1.807, 2.05) is 0 Å². The lowest BCUT2D eigenvalue weighted by Crippen LogP contribution is -2.61. The molecule has 2 heteroatoms. The minimum absolute atomic E-state index is 0.228. The van der Waals surface area contributed by atoms with Gasteiger partial charge in [-0.15, -0.1) is 0 Å². The van der Waals surface area contributed by atoms with Gasteiger partial charge in [-0.2, -0.15) is 0 Å². The molecular formula is C18H38N2. The van der Waals surface area contributed by atoms with Crippen LogP contribution < -0.4 is 5.73 Å². The molecule has 0 aromatic heterocycles. The highest BCUT2D eigenvalue weighted by atomic mass is 15.2. The van der Waals surface area contributed by atoms with Crippen molar-refractivity contribution in [1.29, 1.82) is 0 Å². The molecule has 20 heavy (non-hydrogen) atoms. The second-order valence-corrected chi connectivity index (χ2v) is 8.09. The van der Waals surface area contributed by atoms with Crippen molar-refractivity contribution in [3.8, 4) is 0 Å². The summed E-state index contributed by atoms with van der Waals surface area (Å²) in [6, 6.07) is 0.645. The Morgan fingerprint density at radius 3 is 2.35 bits per heavy atom. The predicted octanol–water partition coefficient (Wildman–Crippen LogP) is 4.43. The Morgan fingerprint density at radius 2 is 1.90 bits per heavy atom. The molecule has 1 fully saturated rings. The highest BCUT2D eigenvalue weighted by Crippen LogP contribution is 2.47. The summed E-state index contributed by atoms with van der Waals surface area (Å²) in [5.74, 6) is 0.787. The first-order valence-corrected chi connectivity index (χ1v) is 8.77. The summed E-state index contributed by atoms with van der Waals surface area (Å²) in [5.41, 5.74) is 7.00. The van der Waals surface area contributed by atoms with Crippen molar-refractivity contribution in [2.45, 2.75) is 91.6 Å². The summed E-state index contributed by atoms with van der Waals surface area (Å²) in [4.78, 5) is 2.77. The number of hydrogen-bond acceptors (Lipinski definition) is 2. The Morgan fingerprint density at radius 1 is 1.25 bits per heavy atom. The van der Waals surface area contributed by atoms with Gasteiger partial charge in [0.25, 0.3) is 0 Å². The fourth-order valence-corrected chi connectivity index (χ4v) is 4.66. The third kappa shape index (κ3) is 4.21. The Balaban J connectivity index is 3.02. The van der Waals surface area contributed by atoms with Crippen LogP contribution in [0.5, 0.6) is 0 Å². The van der Waals surface area contributed by atoms with E-state index < -0.39 is 0 Å². The van der Waals surface area contributed by atoms with Gasteiger partial charge < -0.3 is 5.73 Å². The molecule has 3 unspecified atom stereocenters. The summed E-state index contributed by atoms with van der Waals surface area (Å²) >= 11 is 0. The maximum Gasteiger partial charge on any atom is 0.0342 e. The largest absolute Gasteiger partial charge is 0.329 e. The Bertz CT molecular complexity index is 287. The minimum atomic E-state index is 0.228. The highest BCUT2D eigenvalue weighted by molar-refractivity contribution is 5.02. The van der Waals surface area contributed by atoms with Crippen LogP contribution in [0.2, 0.25) is 0 Å². The quantitative estimate of drug-likeness (QED) is 0.748. The van der Waals surface area contributed by atoms with E-state index in [1.165, 1.54) is 45.1 Å². The lowest BCUT2D eigenvalue weighted by atomic mass is 9.63. The molecule has 120 valence electrons. The number of rotatable bonds is 7. The van der Waals surface area contributed by atoms with E-state index in [0.717, 1.165) is 12.5 Å². The fraction of sp³-hybridized carbons (Fsp3) is 1.00. The maximum atomic E-state index is 6.35. The molecule has 0 amide bonds. The van der Waals surface area contributed by atoms with Gasteiger partial charge in [-0.05, 0) is 56.9 Å². The Hall–Kier alpha value is -0.0800. The van der Waals surface area contributed by atoms with Crippen LogP contribution in [0.25, 0.3) is 0 Å². The predicted molar refractivity (Wildman–Crippen MR) is 89.9 cm³/mol. The van der Waals surface area contributed by atoms with Crippen LogP contribution in [-0.4, -0.2) is 29.6 Å². The fourth-order valence-electron chi connectivity index (χ4n) is 4.66. The van der Waals surface area contributed by atoms with Crippen LogP contribution in [0.3, 0.4) is 0 Å². The van der Waals surface area contributed by atoms with Gasteiger partial charge in [0.15, 0.2) is 0 Å². The minimum Gasteiger partial charge on any atom is -0.329 e. The molecule has 1 aliphatic carbocycles. The van der Waals surface area contributed by atoms with Crippen LogP contribution in [0.1, 0.15) is 80.1 Å². The normalized spacial score (nSPS) is 31.5. The first-order chi connectivity index (χ1) is 9.30. The average molecular weight is 283 g/mol. The monoisotopic (exact) mass is 282 g/mol. The van der Waals surface area contributed by atoms with Crippen LogP contribution >= 0.6 is 0 Å². The van der Waals surface area contributed by atoms with E-state index >= 15 is 0 Å². The molecule has 3 atom stereocenters. The zero-order valence-electron chi connectivity index (χ0n) is 14.8. The second-order valence-electron chi connectivity index (χ2n) is 8.09. The Kier molecular flexibility index (Phi) is 6.53. The number of nitrogens with zero attached hydrogens (tertiary/aromatic N) is 1. The highest BCUT2D eigenvalue weighted by Gasteiger charge is 2.46. The third-order valence-electron chi connectivity index (χ3n) is 5.30. The van der Waals surface area contributed by atoms with Crippen molar-refractivity contribution < 1.29 is 0 Å². The molecule has 0 heterocycles. The molecule has 0 aliphatic heterocycles. The molecule has 0 spiro atoms. The van der Waals surface area contributed by atoms with E-state index in [-0.39, 0.29) is 5.54 Å². The molecule has 0 aromatic rings. The number of hydrogen-bond donors (Lipinski definition) is 1. The van der Waals surface area contributed by atoms with Crippen molar-refractivity contribution in [2.75, 3.05) is 13.1 Å². The van der Waals surface area contributed by atoms with Crippen LogP contribution in [-0.2, 0) is 0 Å². The summed E-state index contributed by atoms with van der Waals surface area (Å²) in [6.45, 7) is 16.3. The summed E-state index contributed by atoms with van der Waals surface area (Å²) in [7, 11) is 0. The molecule has 0 saturated heterocycles.